The third kappa shape index (κ3) is 4.90. The third-order valence-electron chi connectivity index (χ3n) is 6.14. The van der Waals surface area contributed by atoms with Crippen LogP contribution in [0.5, 0.6) is 0 Å². The van der Waals surface area contributed by atoms with Gasteiger partial charge in [0.1, 0.15) is 5.82 Å². The Kier molecular flexibility index (Phi) is 6.86. The molecule has 8 heteroatoms. The molecule has 0 saturated carbocycles. The topological polar surface area (TPSA) is 73.8 Å². The smallest absolute Gasteiger partial charge is 0.258 e. The van der Waals surface area contributed by atoms with E-state index in [0.717, 1.165) is 35.1 Å². The van der Waals surface area contributed by atoms with Crippen LogP contribution < -0.4 is 10.6 Å². The summed E-state index contributed by atoms with van der Waals surface area (Å²) in [5.41, 5.74) is 3.43. The lowest BCUT2D eigenvalue weighted by Gasteiger charge is -2.40. The first-order chi connectivity index (χ1) is 17.5. The number of hydrogen-bond donors (Lipinski definition) is 2. The molecule has 182 valence electrons. The van der Waals surface area contributed by atoms with Crippen LogP contribution in [0.4, 0.5) is 15.8 Å². The first-order valence-corrected chi connectivity index (χ1v) is 12.7. The molecule has 2 aliphatic rings. The molecule has 0 aliphatic carbocycles. The van der Waals surface area contributed by atoms with E-state index in [9.17, 15) is 14.0 Å². The highest BCUT2D eigenvalue weighted by Gasteiger charge is 2.37. The van der Waals surface area contributed by atoms with Crippen LogP contribution in [0.3, 0.4) is 0 Å². The molecule has 1 saturated heterocycles. The lowest BCUT2D eigenvalue weighted by molar-refractivity contribution is -0.113. The van der Waals surface area contributed by atoms with Gasteiger partial charge in [0.05, 0.1) is 22.9 Å². The Morgan fingerprint density at radius 3 is 2.33 bits per heavy atom. The fraction of sp³-hybridized carbons (Fsp3) is 0.179. The number of fused-ring (bicyclic) bond motifs is 1. The van der Waals surface area contributed by atoms with E-state index in [0.29, 0.717) is 17.0 Å². The summed E-state index contributed by atoms with van der Waals surface area (Å²) in [5, 5.41) is 6.67. The van der Waals surface area contributed by atoms with E-state index in [1.54, 1.807) is 36.0 Å². The number of amides is 2. The number of para-hydroxylation sites is 1. The number of benzene rings is 3. The predicted molar refractivity (Wildman–Crippen MR) is 143 cm³/mol. The maximum Gasteiger partial charge on any atom is 0.258 e. The molecule has 2 heterocycles. The number of thioether (sulfide) groups is 1. The number of allylic oxidation sites excluding steroid dienone is 1. The summed E-state index contributed by atoms with van der Waals surface area (Å²) in [5.74, 6) is -0.294. The Morgan fingerprint density at radius 2 is 1.58 bits per heavy atom. The van der Waals surface area contributed by atoms with Gasteiger partial charge in [0, 0.05) is 23.7 Å². The van der Waals surface area contributed by atoms with Crippen molar-refractivity contribution in [3.05, 3.63) is 107 Å². The Bertz CT molecular complexity index is 1360. The first kappa shape index (κ1) is 23.8. The Balaban J connectivity index is 1.44. The molecule has 0 radical (unpaired) electrons. The lowest BCUT2D eigenvalue weighted by Crippen LogP contribution is -2.43. The maximum absolute atomic E-state index is 14.0. The number of nitrogens with zero attached hydrogens (tertiary/aromatic N) is 2. The van der Waals surface area contributed by atoms with Crippen molar-refractivity contribution >= 4 is 40.1 Å². The second-order valence-electron chi connectivity index (χ2n) is 8.57. The van der Waals surface area contributed by atoms with Gasteiger partial charge in [0.25, 0.3) is 11.8 Å². The molecule has 2 N–H and O–H groups in total. The van der Waals surface area contributed by atoms with E-state index in [1.807, 2.05) is 49.4 Å². The molecule has 1 fully saturated rings. The minimum Gasteiger partial charge on any atom is -0.340 e. The molecule has 0 bridgehead atoms. The Labute approximate surface area is 213 Å². The van der Waals surface area contributed by atoms with E-state index >= 15 is 0 Å². The molecule has 3 aromatic carbocycles. The van der Waals surface area contributed by atoms with Crippen molar-refractivity contribution in [2.24, 2.45) is 4.99 Å². The number of nitrogens with one attached hydrogen (secondary N) is 2. The molecule has 36 heavy (non-hydrogen) atoms. The largest absolute Gasteiger partial charge is 0.340 e. The van der Waals surface area contributed by atoms with Crippen LogP contribution in [0, 0.1) is 5.82 Å². The van der Waals surface area contributed by atoms with Gasteiger partial charge in [-0.25, -0.2) is 9.38 Å². The van der Waals surface area contributed by atoms with Crippen LogP contribution in [0.25, 0.3) is 0 Å². The number of carbonyl (C=O) groups excluding carboxylic acids is 2. The van der Waals surface area contributed by atoms with Crippen molar-refractivity contribution in [3.63, 3.8) is 0 Å². The molecule has 1 unspecified atom stereocenters. The molecule has 5 rings (SSSR count). The van der Waals surface area contributed by atoms with E-state index in [1.165, 1.54) is 12.1 Å². The van der Waals surface area contributed by atoms with Gasteiger partial charge in [0.2, 0.25) is 0 Å². The van der Waals surface area contributed by atoms with Gasteiger partial charge in [0.15, 0.2) is 5.17 Å². The Morgan fingerprint density at radius 1 is 0.917 bits per heavy atom. The summed E-state index contributed by atoms with van der Waals surface area (Å²) in [7, 11) is 0. The summed E-state index contributed by atoms with van der Waals surface area (Å²) < 4.78 is 14.0. The van der Waals surface area contributed by atoms with Gasteiger partial charge in [-0.2, -0.15) is 0 Å². The van der Waals surface area contributed by atoms with Crippen molar-refractivity contribution < 1.29 is 14.0 Å². The first-order valence-electron chi connectivity index (χ1n) is 11.7. The second-order valence-corrected chi connectivity index (χ2v) is 9.63. The average molecular weight is 501 g/mol. The van der Waals surface area contributed by atoms with E-state index < -0.39 is 11.7 Å². The second kappa shape index (κ2) is 10.4. The van der Waals surface area contributed by atoms with Gasteiger partial charge < -0.3 is 15.5 Å². The zero-order valence-corrected chi connectivity index (χ0v) is 20.5. The van der Waals surface area contributed by atoms with Crippen LogP contribution in [0.2, 0.25) is 0 Å². The number of amidine groups is 1. The zero-order valence-electron chi connectivity index (χ0n) is 19.7. The van der Waals surface area contributed by atoms with E-state index in [4.69, 9.17) is 4.99 Å². The number of aliphatic imine (C=N–C) groups is 1. The fourth-order valence-electron chi connectivity index (χ4n) is 4.42. The normalized spacial score (nSPS) is 17.2. The van der Waals surface area contributed by atoms with Gasteiger partial charge >= 0.3 is 0 Å². The lowest BCUT2D eigenvalue weighted by atomic mass is 9.93. The molecule has 2 aliphatic heterocycles. The summed E-state index contributed by atoms with van der Waals surface area (Å²) in [6.45, 7) is 2.66. The number of anilines is 2. The molecular weight excluding hydrogens is 475 g/mol. The molecular formula is C28H25FN4O2S. The highest BCUT2D eigenvalue weighted by Crippen LogP contribution is 2.40. The van der Waals surface area contributed by atoms with Crippen LogP contribution in [-0.2, 0) is 4.79 Å². The molecule has 2 amide bonds. The van der Waals surface area contributed by atoms with Crippen molar-refractivity contribution in [3.8, 4) is 0 Å². The number of carbonyl (C=O) groups is 2. The fourth-order valence-corrected chi connectivity index (χ4v) is 5.44. The molecule has 6 nitrogen and oxygen atoms in total. The molecule has 1 atom stereocenters. The molecule has 0 aromatic heterocycles. The highest BCUT2D eigenvalue weighted by molar-refractivity contribution is 8.13. The van der Waals surface area contributed by atoms with Crippen LogP contribution in [0.1, 0.15) is 35.3 Å². The monoisotopic (exact) mass is 500 g/mol. The number of hydrogen-bond acceptors (Lipinski definition) is 5. The van der Waals surface area contributed by atoms with Crippen molar-refractivity contribution in [2.45, 2.75) is 19.4 Å². The SMILES string of the molecule is CC1=C(C(=O)Nc2ccccc2)C(c2ccc(NC(=O)c3ccccc3F)cc2)N2CCCSC2=N1. The summed E-state index contributed by atoms with van der Waals surface area (Å²) in [6.07, 6.45) is 0.990. The summed E-state index contributed by atoms with van der Waals surface area (Å²) in [4.78, 5) is 32.9. The predicted octanol–water partition coefficient (Wildman–Crippen LogP) is 5.84. The van der Waals surface area contributed by atoms with E-state index in [2.05, 4.69) is 15.5 Å². The van der Waals surface area contributed by atoms with Crippen molar-refractivity contribution in [2.75, 3.05) is 22.9 Å². The van der Waals surface area contributed by atoms with Gasteiger partial charge in [-0.3, -0.25) is 9.59 Å². The molecule has 0 spiro atoms. The van der Waals surface area contributed by atoms with Crippen LogP contribution in [0.15, 0.2) is 95.1 Å². The highest BCUT2D eigenvalue weighted by atomic mass is 32.2. The van der Waals surface area contributed by atoms with Gasteiger partial charge in [-0.1, -0.05) is 54.2 Å². The van der Waals surface area contributed by atoms with Gasteiger partial charge in [-0.05, 0) is 55.3 Å². The summed E-state index contributed by atoms with van der Waals surface area (Å²) >= 11 is 1.70. The zero-order chi connectivity index (χ0) is 25.1. The molecule has 3 aromatic rings. The van der Waals surface area contributed by atoms with Crippen molar-refractivity contribution in [1.82, 2.24) is 4.90 Å². The minimum absolute atomic E-state index is 0.0153. The van der Waals surface area contributed by atoms with Gasteiger partial charge in [-0.15, -0.1) is 0 Å². The maximum atomic E-state index is 14.0. The third-order valence-corrected chi connectivity index (χ3v) is 7.21. The van der Waals surface area contributed by atoms with Crippen molar-refractivity contribution in [1.29, 1.82) is 0 Å². The quantitative estimate of drug-likeness (QED) is 0.462. The summed E-state index contributed by atoms with van der Waals surface area (Å²) in [6, 6.07) is 22.3. The number of halogens is 1. The standard InChI is InChI=1S/C28H25FN4O2S/c1-18-24(27(35)32-20-8-3-2-4-9-20)25(33-16-7-17-36-28(33)30-18)19-12-14-21(15-13-19)31-26(34)22-10-5-6-11-23(22)29/h2-6,8-15,25H,7,16-17H2,1H3,(H,31,34)(H,32,35). The van der Waals surface area contributed by atoms with E-state index in [-0.39, 0.29) is 17.5 Å². The Hall–Kier alpha value is -3.91. The van der Waals surface area contributed by atoms with Crippen LogP contribution >= 0.6 is 11.8 Å². The minimum atomic E-state index is -0.571. The van der Waals surface area contributed by atoms with Crippen LogP contribution in [-0.4, -0.2) is 34.2 Å². The average Bonchev–Trinajstić information content (AvgIpc) is 2.89. The number of rotatable bonds is 5.